The van der Waals surface area contributed by atoms with E-state index in [9.17, 15) is 43.2 Å². The third kappa shape index (κ3) is 28.5. The molecule has 0 saturated heterocycles. The van der Waals surface area contributed by atoms with E-state index < -0.39 is 60.5 Å². The Bertz CT molecular complexity index is 2000. The SMILES string of the molecule is CC(C)C.CCC.CCN(CC(C)C)C(=O)Nc1ccccc1.CN(C)C(=O)[C@@H](NC(=O)CNC(=O)C(=O)CNC=O)c1cccs1.NC(=O)CNC(=O)C(NC(=O)c1cnccn1)C1CCCCC1. The molecule has 1 saturated carbocycles. The average Bonchev–Trinajstić information content (AvgIpc) is 3.88. The molecule has 1 fully saturated rings. The van der Waals surface area contributed by atoms with Crippen molar-refractivity contribution in [1.82, 2.24) is 46.4 Å². The van der Waals surface area contributed by atoms with Gasteiger partial charge in [-0.1, -0.05) is 98.4 Å². The molecule has 20 nitrogen and oxygen atoms in total. The monoisotopic (exact) mass is 996 g/mol. The third-order valence-corrected chi connectivity index (χ3v) is 9.97. The zero-order chi connectivity index (χ0) is 53.0. The second kappa shape index (κ2) is 37.2. The lowest BCUT2D eigenvalue weighted by atomic mass is 9.83. The lowest BCUT2D eigenvalue weighted by Crippen LogP contribution is -2.52. The van der Waals surface area contributed by atoms with Crippen LogP contribution in [0.5, 0.6) is 0 Å². The Kier molecular flexibility index (Phi) is 33.6. The summed E-state index contributed by atoms with van der Waals surface area (Å²) in [7, 11) is 3.13. The molecule has 1 unspecified atom stereocenters. The highest BCUT2D eigenvalue weighted by atomic mass is 32.1. The first-order valence-electron chi connectivity index (χ1n) is 23.5. The molecule has 1 aliphatic carbocycles. The van der Waals surface area contributed by atoms with Gasteiger partial charge < -0.3 is 47.4 Å². The first-order valence-corrected chi connectivity index (χ1v) is 24.4. The molecule has 8 N–H and O–H groups in total. The predicted octanol–water partition coefficient (Wildman–Crippen LogP) is 4.46. The summed E-state index contributed by atoms with van der Waals surface area (Å²) in [5.41, 5.74) is 6.04. The highest BCUT2D eigenvalue weighted by Gasteiger charge is 2.32. The topological polar surface area (TPSA) is 284 Å². The molecule has 0 spiro atoms. The van der Waals surface area contributed by atoms with Crippen LogP contribution in [0, 0.1) is 17.8 Å². The summed E-state index contributed by atoms with van der Waals surface area (Å²) in [6, 6.07) is 11.4. The second-order valence-electron chi connectivity index (χ2n) is 17.1. The number of thiophene rings is 1. The molecule has 9 amide bonds. The van der Waals surface area contributed by atoms with E-state index in [1.807, 2.05) is 42.2 Å². The molecule has 1 aromatic carbocycles. The van der Waals surface area contributed by atoms with Crippen molar-refractivity contribution in [3.8, 4) is 0 Å². The summed E-state index contributed by atoms with van der Waals surface area (Å²) in [6.07, 6.45) is 10.6. The number of benzene rings is 1. The summed E-state index contributed by atoms with van der Waals surface area (Å²) in [6.45, 7) is 17.3. The van der Waals surface area contributed by atoms with Crippen molar-refractivity contribution in [2.24, 2.45) is 23.5 Å². The minimum atomic E-state index is -0.994. The number of nitrogens with zero attached hydrogens (tertiary/aromatic N) is 4. The maximum atomic E-state index is 12.3. The molecule has 388 valence electrons. The van der Waals surface area contributed by atoms with Gasteiger partial charge >= 0.3 is 6.03 Å². The van der Waals surface area contributed by atoms with Crippen molar-refractivity contribution in [2.75, 3.05) is 52.1 Å². The van der Waals surface area contributed by atoms with Crippen LogP contribution in [0.2, 0.25) is 0 Å². The van der Waals surface area contributed by atoms with Crippen LogP contribution in [0.4, 0.5) is 10.5 Å². The standard InChI is InChI=1S/C15H21N5O3.C14H18N4O5S.C13H20N2O.C4H10.C3H8/c16-12(21)9-19-15(23)13(10-4-2-1-3-5-10)20-14(22)11-8-17-6-7-18-11;1-18(2)14(23)12(10-4-3-5-24-10)17-11(21)7-16-13(22)9(20)6-15-8-19;1-4-15(10-11(2)3)13(16)14-12-8-6-5-7-9-12;1-4(2)3;1-3-2/h6-8,10,13H,1-5,9H2,(H2,16,21)(H,19,23)(H,20,22);3-5,8,12H,6-7H2,1-2H3,(H,15,19)(H,16,22)(H,17,21);5-9,11H,4,10H2,1-3H3,(H,14,16);4H,1-3H3;3H2,1-2H3/t;12-;;;/m.0.../s1. The number of likely N-dealkylation sites (N-methyl/N-ethyl adjacent to an activating group) is 1. The molecule has 21 heteroatoms. The quantitative estimate of drug-likeness (QED) is 0.0651. The first-order chi connectivity index (χ1) is 33.2. The minimum Gasteiger partial charge on any atom is -0.368 e. The van der Waals surface area contributed by atoms with Gasteiger partial charge in [0, 0.05) is 50.1 Å². The number of hydrogen-bond acceptors (Lipinski definition) is 12. The van der Waals surface area contributed by atoms with Crippen LogP contribution >= 0.6 is 11.3 Å². The van der Waals surface area contributed by atoms with E-state index in [4.69, 9.17) is 5.73 Å². The molecule has 70 heavy (non-hydrogen) atoms. The Balaban J connectivity index is 0.000000969. The lowest BCUT2D eigenvalue weighted by molar-refractivity contribution is -0.138. The number of ketones is 1. The van der Waals surface area contributed by atoms with Gasteiger partial charge in [-0.3, -0.25) is 43.3 Å². The fourth-order valence-electron chi connectivity index (χ4n) is 5.96. The van der Waals surface area contributed by atoms with Crippen LogP contribution in [0.3, 0.4) is 0 Å². The molecule has 2 heterocycles. The molecule has 1 aliphatic rings. The largest absolute Gasteiger partial charge is 0.368 e. The summed E-state index contributed by atoms with van der Waals surface area (Å²) in [5, 5.41) is 16.6. The van der Waals surface area contributed by atoms with Crippen molar-refractivity contribution in [2.45, 2.75) is 106 Å². The normalized spacial score (nSPS) is 12.3. The number of rotatable bonds is 19. The number of para-hydroxylation sites is 1. The Labute approximate surface area is 417 Å². The molecular weight excluding hydrogens is 919 g/mol. The van der Waals surface area contributed by atoms with E-state index in [1.54, 1.807) is 31.6 Å². The molecular formula is C49H77N11O9S. The van der Waals surface area contributed by atoms with Crippen molar-refractivity contribution < 1.29 is 43.2 Å². The van der Waals surface area contributed by atoms with E-state index >= 15 is 0 Å². The maximum Gasteiger partial charge on any atom is 0.321 e. The van der Waals surface area contributed by atoms with Crippen LogP contribution in [0.25, 0.3) is 0 Å². The van der Waals surface area contributed by atoms with Gasteiger partial charge in [-0.25, -0.2) is 9.78 Å². The zero-order valence-corrected chi connectivity index (χ0v) is 43.4. The Morgan fingerprint density at radius 3 is 1.96 bits per heavy atom. The van der Waals surface area contributed by atoms with Crippen LogP contribution in [-0.2, 0) is 33.6 Å². The van der Waals surface area contributed by atoms with Crippen molar-refractivity contribution >= 4 is 70.7 Å². The molecule has 0 aliphatic heterocycles. The molecule has 4 rings (SSSR count). The van der Waals surface area contributed by atoms with Gasteiger partial charge in [-0.2, -0.15) is 0 Å². The highest BCUT2D eigenvalue weighted by Crippen LogP contribution is 2.27. The number of nitrogens with one attached hydrogen (secondary N) is 6. The summed E-state index contributed by atoms with van der Waals surface area (Å²) in [4.78, 5) is 116. The van der Waals surface area contributed by atoms with Gasteiger partial charge in [-0.15, -0.1) is 11.3 Å². The summed E-state index contributed by atoms with van der Waals surface area (Å²) >= 11 is 1.31. The number of nitrogens with two attached hydrogens (primary N) is 1. The fraction of sp³-hybridized carbons (Fsp3) is 0.531. The van der Waals surface area contributed by atoms with Gasteiger partial charge in [0.15, 0.2) is 0 Å². The maximum absolute atomic E-state index is 12.3. The minimum absolute atomic E-state index is 0.0256. The average molecular weight is 996 g/mol. The van der Waals surface area contributed by atoms with Crippen LogP contribution in [0.1, 0.15) is 115 Å². The molecule has 0 radical (unpaired) electrons. The van der Waals surface area contributed by atoms with E-state index in [1.165, 1.54) is 41.2 Å². The molecule has 2 atom stereocenters. The Morgan fingerprint density at radius 1 is 0.829 bits per heavy atom. The number of primary amides is 1. The van der Waals surface area contributed by atoms with Gasteiger partial charge in [-0.05, 0) is 61.1 Å². The van der Waals surface area contributed by atoms with Crippen LogP contribution in [-0.4, -0.2) is 126 Å². The smallest absolute Gasteiger partial charge is 0.321 e. The Hall–Kier alpha value is -6.77. The number of carbonyl (C=O) groups is 9. The fourth-order valence-corrected chi connectivity index (χ4v) is 6.72. The number of anilines is 1. The highest BCUT2D eigenvalue weighted by molar-refractivity contribution is 7.10. The predicted molar refractivity (Wildman–Crippen MR) is 272 cm³/mol. The number of aromatic nitrogens is 2. The van der Waals surface area contributed by atoms with Crippen LogP contribution < -0.4 is 37.6 Å². The van der Waals surface area contributed by atoms with Gasteiger partial charge in [0.1, 0.15) is 17.8 Å². The number of carbonyl (C=O) groups excluding carboxylic acids is 9. The number of urea groups is 1. The lowest BCUT2D eigenvalue weighted by Gasteiger charge is -2.29. The second-order valence-corrected chi connectivity index (χ2v) is 18.1. The third-order valence-electron chi connectivity index (χ3n) is 9.03. The molecule has 2 aromatic heterocycles. The number of Topliss-reactive ketones (excluding diaryl/α,β-unsaturated/α-hetero) is 1. The Morgan fingerprint density at radius 2 is 1.46 bits per heavy atom. The summed E-state index contributed by atoms with van der Waals surface area (Å²) < 4.78 is 0. The van der Waals surface area contributed by atoms with Gasteiger partial charge in [0.25, 0.3) is 11.8 Å². The number of hydrogen-bond donors (Lipinski definition) is 7. The summed E-state index contributed by atoms with van der Waals surface area (Å²) in [5.74, 6) is -2.92. The van der Waals surface area contributed by atoms with Crippen LogP contribution in [0.15, 0.2) is 66.4 Å². The van der Waals surface area contributed by atoms with E-state index in [-0.39, 0.29) is 36.5 Å². The van der Waals surface area contributed by atoms with E-state index in [0.717, 1.165) is 56.8 Å². The zero-order valence-electron chi connectivity index (χ0n) is 42.5. The number of amides is 9. The van der Waals surface area contributed by atoms with E-state index in [0.29, 0.717) is 10.8 Å². The van der Waals surface area contributed by atoms with Gasteiger partial charge in [0.2, 0.25) is 35.8 Å². The van der Waals surface area contributed by atoms with Crippen molar-refractivity contribution in [3.63, 3.8) is 0 Å². The van der Waals surface area contributed by atoms with Gasteiger partial charge in [0.05, 0.1) is 25.8 Å². The van der Waals surface area contributed by atoms with Crippen molar-refractivity contribution in [3.05, 3.63) is 77.0 Å². The first kappa shape index (κ1) is 63.2. The van der Waals surface area contributed by atoms with E-state index in [2.05, 4.69) is 90.3 Å². The molecule has 3 aromatic rings. The molecule has 0 bridgehead atoms. The van der Waals surface area contributed by atoms with Crippen molar-refractivity contribution in [1.29, 1.82) is 0 Å².